The fraction of sp³-hybridized carbons (Fsp3) is 0.556. The van der Waals surface area contributed by atoms with Crippen molar-refractivity contribution >= 4 is 0 Å². The van der Waals surface area contributed by atoms with Crippen LogP contribution in [0.1, 0.15) is 271 Å². The maximum Gasteiger partial charge on any atom is 0.161 e. The number of hydrogen-bond acceptors (Lipinski definition) is 8. The number of hydrogen-bond donors (Lipinski definition) is 0. The Bertz CT molecular complexity index is 2830. The molecule has 0 aliphatic rings. The minimum absolute atomic E-state index is 0.140. The van der Waals surface area contributed by atoms with Gasteiger partial charge >= 0.3 is 0 Å². The second-order valence-corrected chi connectivity index (χ2v) is 27.2. The first-order chi connectivity index (χ1) is 41.7. The molecule has 0 heterocycles. The fourth-order valence-electron chi connectivity index (χ4n) is 9.08. The van der Waals surface area contributed by atoms with E-state index in [0.717, 1.165) is 71.9 Å². The van der Waals surface area contributed by atoms with Gasteiger partial charge in [-0.3, -0.25) is 0 Å². The second kappa shape index (κ2) is 41.2. The molecular weight excluding hydrogens is 1100 g/mol. The average molecular weight is 1230 g/mol. The summed E-state index contributed by atoms with van der Waals surface area (Å²) in [6.45, 7) is 56.8. The first-order valence-corrected chi connectivity index (χ1v) is 33.2. The van der Waals surface area contributed by atoms with E-state index in [2.05, 4.69) is 257 Å². The zero-order chi connectivity index (χ0) is 67.9. The van der Waals surface area contributed by atoms with Gasteiger partial charge < -0.3 is 37.9 Å². The summed E-state index contributed by atoms with van der Waals surface area (Å²) < 4.78 is 44.3. The van der Waals surface area contributed by atoms with E-state index in [1.165, 1.54) is 55.6 Å². The Kier molecular flexibility index (Phi) is 37.3. The molecule has 0 saturated heterocycles. The lowest BCUT2D eigenvalue weighted by molar-refractivity contribution is 0.230. The number of benzene rings is 6. The van der Waals surface area contributed by atoms with Crippen LogP contribution in [0.3, 0.4) is 0 Å². The molecule has 89 heavy (non-hydrogen) atoms. The van der Waals surface area contributed by atoms with Crippen LogP contribution in [-0.2, 0) is 18.3 Å². The van der Waals surface area contributed by atoms with Crippen LogP contribution in [0.15, 0.2) is 109 Å². The van der Waals surface area contributed by atoms with E-state index in [1.54, 1.807) is 28.4 Å². The highest BCUT2D eigenvalue weighted by molar-refractivity contribution is 5.46. The molecule has 6 aromatic rings. The molecular formula is C81H126O8. The van der Waals surface area contributed by atoms with E-state index in [9.17, 15) is 0 Å². The maximum atomic E-state index is 5.77. The Morgan fingerprint density at radius 3 is 1.03 bits per heavy atom. The zero-order valence-corrected chi connectivity index (χ0v) is 61.8. The Labute approximate surface area is 545 Å². The van der Waals surface area contributed by atoms with Gasteiger partial charge in [-0.1, -0.05) is 192 Å². The highest BCUT2D eigenvalue weighted by Crippen LogP contribution is 2.35. The first kappa shape index (κ1) is 80.7. The second-order valence-electron chi connectivity index (χ2n) is 27.2. The molecule has 0 fully saturated rings. The van der Waals surface area contributed by atoms with Crippen molar-refractivity contribution in [2.75, 3.05) is 35.0 Å². The zero-order valence-electron chi connectivity index (χ0n) is 61.8. The molecule has 0 radical (unpaired) electrons. The molecule has 0 aromatic heterocycles. The Hall–Kier alpha value is -6.28. The van der Waals surface area contributed by atoms with Crippen molar-refractivity contribution in [2.45, 2.75) is 259 Å². The molecule has 0 unspecified atom stereocenters. The van der Waals surface area contributed by atoms with E-state index >= 15 is 0 Å². The molecule has 498 valence electrons. The van der Waals surface area contributed by atoms with E-state index in [-0.39, 0.29) is 23.7 Å². The van der Waals surface area contributed by atoms with Gasteiger partial charge in [-0.25, -0.2) is 0 Å². The Morgan fingerprint density at radius 2 is 0.652 bits per heavy atom. The minimum Gasteiger partial charge on any atom is -0.496 e. The molecule has 0 aliphatic heterocycles. The summed E-state index contributed by atoms with van der Waals surface area (Å²) in [5, 5.41) is 0. The van der Waals surface area contributed by atoms with Crippen LogP contribution in [0.2, 0.25) is 0 Å². The van der Waals surface area contributed by atoms with Crippen LogP contribution in [0.25, 0.3) is 0 Å². The van der Waals surface area contributed by atoms with Crippen LogP contribution < -0.4 is 37.9 Å². The van der Waals surface area contributed by atoms with Crippen LogP contribution in [0.5, 0.6) is 46.0 Å². The molecule has 8 nitrogen and oxygen atoms in total. The van der Waals surface area contributed by atoms with E-state index in [1.807, 2.05) is 32.0 Å². The monoisotopic (exact) mass is 1230 g/mol. The molecule has 6 aromatic carbocycles. The van der Waals surface area contributed by atoms with Crippen molar-refractivity contribution in [3.63, 3.8) is 0 Å². The molecule has 0 bridgehead atoms. The van der Waals surface area contributed by atoms with E-state index in [4.69, 9.17) is 37.9 Å². The lowest BCUT2D eigenvalue weighted by Crippen LogP contribution is -2.13. The summed E-state index contributed by atoms with van der Waals surface area (Å²) in [5.41, 5.74) is 13.2. The standard InChI is InChI=1S/C15H24O2.2C14H22O.C13H20O2.C13H20O.C12H18O/c1-11(2)8-9-17-14-7-6-13(12(3)4)10-15(14)16-5;1-10(2)11-7-8-12(14(3,4)5)13(9-11)15-6;1-6-12-9-13(10(2)3)7-8-14(12)15-11(4)5;1-9(2)11-6-7-12(15-10(3)4)13(8-11)14-5;1-9(2)12-6-7-13(11(5)8-12)14-10(3)4;1-5-10-6-7-11(9(2)3)8-12(10)13-4/h6-7,10-12H,8-9H2,1-5H3;7-10H,1-6H3;7-11H,6H2,1-5H3;6-10H,1-5H3;6-10H,1-5H3;6-9H,5H2,1-4H3. The average Bonchev–Trinajstić information content (AvgIpc) is 2.63. The quantitative estimate of drug-likeness (QED) is 0.0666. The van der Waals surface area contributed by atoms with E-state index < -0.39 is 0 Å². The van der Waals surface area contributed by atoms with Crippen LogP contribution >= 0.6 is 0 Å². The third-order valence-electron chi connectivity index (χ3n) is 14.8. The van der Waals surface area contributed by atoms with Gasteiger partial charge in [-0.2, -0.15) is 0 Å². The normalized spacial score (nSPS) is 11.1. The first-order valence-electron chi connectivity index (χ1n) is 33.2. The van der Waals surface area contributed by atoms with Crippen molar-refractivity contribution in [1.82, 2.24) is 0 Å². The molecule has 0 amide bonds. The highest BCUT2D eigenvalue weighted by Gasteiger charge is 2.20. The molecule has 6 rings (SSSR count). The van der Waals surface area contributed by atoms with Gasteiger partial charge in [0.1, 0.15) is 23.0 Å². The van der Waals surface area contributed by atoms with Crippen LogP contribution in [-0.4, -0.2) is 53.4 Å². The van der Waals surface area contributed by atoms with Gasteiger partial charge in [0.15, 0.2) is 23.0 Å². The Balaban J connectivity index is 0.000000535. The topological polar surface area (TPSA) is 73.8 Å². The van der Waals surface area contributed by atoms with Gasteiger partial charge in [0.05, 0.1) is 53.4 Å². The molecule has 0 aliphatic carbocycles. The molecule has 0 N–H and O–H groups in total. The van der Waals surface area contributed by atoms with Crippen molar-refractivity contribution in [3.8, 4) is 46.0 Å². The van der Waals surface area contributed by atoms with Gasteiger partial charge in [0.2, 0.25) is 0 Å². The van der Waals surface area contributed by atoms with Gasteiger partial charge in [0, 0.05) is 0 Å². The predicted molar refractivity (Wildman–Crippen MR) is 384 cm³/mol. The molecule has 0 spiro atoms. The highest BCUT2D eigenvalue weighted by atomic mass is 16.5. The van der Waals surface area contributed by atoms with Crippen molar-refractivity contribution in [3.05, 3.63) is 165 Å². The number of rotatable bonds is 22. The summed E-state index contributed by atoms with van der Waals surface area (Å²) in [6.07, 6.45) is 3.79. The summed E-state index contributed by atoms with van der Waals surface area (Å²) in [5.74, 6) is 11.3. The van der Waals surface area contributed by atoms with Crippen LogP contribution in [0, 0.1) is 12.8 Å². The van der Waals surface area contributed by atoms with Gasteiger partial charge in [0.25, 0.3) is 0 Å². The minimum atomic E-state index is 0.140. The molecule has 0 atom stereocenters. The van der Waals surface area contributed by atoms with Crippen LogP contribution in [0.4, 0.5) is 0 Å². The maximum absolute atomic E-state index is 5.77. The SMILES string of the molecule is CCc1cc(C(C)C)ccc1OC(C)C.CCc1ccc(C(C)C)cc1OC.COc1cc(C(C)C)ccc1C(C)(C)C.COc1cc(C(C)C)ccc1OC(C)C.COc1cc(C(C)C)ccc1OCCC(C)C.Cc1cc(C(C)C)ccc1OC(C)C. The largest absolute Gasteiger partial charge is 0.496 e. The molecule has 0 saturated carbocycles. The summed E-state index contributed by atoms with van der Waals surface area (Å²) in [4.78, 5) is 0. The smallest absolute Gasteiger partial charge is 0.161 e. The van der Waals surface area contributed by atoms with Crippen molar-refractivity contribution in [2.24, 2.45) is 5.92 Å². The van der Waals surface area contributed by atoms with Crippen molar-refractivity contribution < 1.29 is 37.9 Å². The lowest BCUT2D eigenvalue weighted by atomic mass is 9.85. The third kappa shape index (κ3) is 29.9. The number of methoxy groups -OCH3 is 4. The fourth-order valence-corrected chi connectivity index (χ4v) is 9.08. The molecule has 8 heteroatoms. The van der Waals surface area contributed by atoms with Gasteiger partial charge in [-0.05, 0) is 219 Å². The summed E-state index contributed by atoms with van der Waals surface area (Å²) >= 11 is 0. The summed E-state index contributed by atoms with van der Waals surface area (Å²) in [7, 11) is 6.84. The van der Waals surface area contributed by atoms with Gasteiger partial charge in [-0.15, -0.1) is 0 Å². The number of ether oxygens (including phenoxy) is 8. The van der Waals surface area contributed by atoms with E-state index in [0.29, 0.717) is 41.4 Å². The summed E-state index contributed by atoms with van der Waals surface area (Å²) in [6, 6.07) is 38.3. The number of aryl methyl sites for hydroxylation is 3. The Morgan fingerprint density at radius 1 is 0.326 bits per heavy atom. The lowest BCUT2D eigenvalue weighted by Gasteiger charge is -2.23. The predicted octanol–water partition coefficient (Wildman–Crippen LogP) is 23.4. The van der Waals surface area contributed by atoms with Crippen molar-refractivity contribution in [1.29, 1.82) is 0 Å². The third-order valence-corrected chi connectivity index (χ3v) is 14.8.